The molecule has 4 rings (SSSR count). The molecule has 1 aliphatic carbocycles. The molecule has 2 heterocycles. The van der Waals surface area contributed by atoms with Crippen molar-refractivity contribution in [2.45, 2.75) is 50.6 Å². The first-order valence-electron chi connectivity index (χ1n) is 11.9. The van der Waals surface area contributed by atoms with E-state index in [1.165, 1.54) is 5.56 Å². The van der Waals surface area contributed by atoms with Gasteiger partial charge >= 0.3 is 0 Å². The van der Waals surface area contributed by atoms with E-state index in [4.69, 9.17) is 4.74 Å². The summed E-state index contributed by atoms with van der Waals surface area (Å²) in [5, 5.41) is 3.42. The molecule has 2 aliphatic rings. The molecule has 0 spiro atoms. The second-order valence-electron chi connectivity index (χ2n) is 9.38. The van der Waals surface area contributed by atoms with Crippen molar-refractivity contribution in [3.8, 4) is 0 Å². The Kier molecular flexibility index (Phi) is 8.04. The minimum atomic E-state index is -0.153. The maximum atomic E-state index is 13.9. The molecular weight excluding hydrogens is 482 g/mol. The Hall–Kier alpha value is -1.96. The van der Waals surface area contributed by atoms with Crippen LogP contribution in [0.25, 0.3) is 0 Å². The molecule has 1 aromatic carbocycles. The number of aryl methyl sites for hydroxylation is 2. The normalized spacial score (nSPS) is 20.6. The number of nitrogens with zero attached hydrogens (tertiary/aromatic N) is 2. The SMILES string of the molecule is COCCCc1cc(Br)cc(CN(C(=O)[C@H]2CNCC[C@@H]2c2ccn(C)c(=O)c2)C2CC2)c1. The van der Waals surface area contributed by atoms with E-state index in [1.807, 2.05) is 12.3 Å². The molecule has 1 saturated heterocycles. The lowest BCUT2D eigenvalue weighted by Gasteiger charge is -2.35. The second kappa shape index (κ2) is 11.0. The van der Waals surface area contributed by atoms with Crippen LogP contribution in [0.3, 0.4) is 0 Å². The van der Waals surface area contributed by atoms with Gasteiger partial charge in [0.25, 0.3) is 5.56 Å². The minimum absolute atomic E-state index is 0.0218. The molecule has 7 heteroatoms. The molecule has 0 unspecified atom stereocenters. The van der Waals surface area contributed by atoms with Crippen LogP contribution in [-0.2, 0) is 29.5 Å². The number of pyridine rings is 1. The molecule has 1 amide bonds. The first-order chi connectivity index (χ1) is 16.0. The molecule has 1 N–H and O–H groups in total. The van der Waals surface area contributed by atoms with Crippen LogP contribution in [0.2, 0.25) is 0 Å². The van der Waals surface area contributed by atoms with Crippen LogP contribution in [-0.4, -0.2) is 48.2 Å². The molecule has 178 valence electrons. The topological polar surface area (TPSA) is 63.6 Å². The van der Waals surface area contributed by atoms with Crippen LogP contribution in [0, 0.1) is 5.92 Å². The molecule has 2 aromatic rings. The third-order valence-electron chi connectivity index (χ3n) is 6.81. The number of piperidine rings is 1. The Labute approximate surface area is 204 Å². The van der Waals surface area contributed by atoms with Crippen LogP contribution in [0.1, 0.15) is 48.3 Å². The Morgan fingerprint density at radius 1 is 1.21 bits per heavy atom. The number of carbonyl (C=O) groups is 1. The van der Waals surface area contributed by atoms with Crippen LogP contribution < -0.4 is 10.9 Å². The van der Waals surface area contributed by atoms with Gasteiger partial charge in [-0.25, -0.2) is 0 Å². The Bertz CT molecular complexity index is 1030. The quantitative estimate of drug-likeness (QED) is 0.518. The van der Waals surface area contributed by atoms with Gasteiger partial charge < -0.3 is 19.5 Å². The summed E-state index contributed by atoms with van der Waals surface area (Å²) in [5.74, 6) is 0.122. The second-order valence-corrected chi connectivity index (χ2v) is 10.3. The van der Waals surface area contributed by atoms with Gasteiger partial charge in [0, 0.05) is 56.6 Å². The fourth-order valence-corrected chi connectivity index (χ4v) is 5.46. The first kappa shape index (κ1) is 24.2. The molecule has 1 saturated carbocycles. The maximum Gasteiger partial charge on any atom is 0.250 e. The number of carbonyl (C=O) groups excluding carboxylic acids is 1. The highest BCUT2D eigenvalue weighted by atomic mass is 79.9. The van der Waals surface area contributed by atoms with Crippen molar-refractivity contribution in [3.05, 3.63) is 68.0 Å². The number of nitrogens with one attached hydrogen (secondary N) is 1. The molecule has 1 aliphatic heterocycles. The molecular formula is C26H34BrN3O3. The third kappa shape index (κ3) is 6.14. The summed E-state index contributed by atoms with van der Waals surface area (Å²) in [7, 11) is 3.49. The van der Waals surface area contributed by atoms with Gasteiger partial charge in [0.15, 0.2) is 0 Å². The van der Waals surface area contributed by atoms with Gasteiger partial charge in [0.2, 0.25) is 5.91 Å². The number of halogens is 1. The molecule has 1 aromatic heterocycles. The Morgan fingerprint density at radius 3 is 2.73 bits per heavy atom. The average Bonchev–Trinajstić information content (AvgIpc) is 3.64. The van der Waals surface area contributed by atoms with Crippen LogP contribution >= 0.6 is 15.9 Å². The molecule has 2 fully saturated rings. The van der Waals surface area contributed by atoms with E-state index in [1.54, 1.807) is 24.8 Å². The van der Waals surface area contributed by atoms with Gasteiger partial charge in [-0.15, -0.1) is 0 Å². The zero-order valence-corrected chi connectivity index (χ0v) is 21.1. The smallest absolute Gasteiger partial charge is 0.250 e. The number of hydrogen-bond donors (Lipinski definition) is 1. The summed E-state index contributed by atoms with van der Waals surface area (Å²) in [6, 6.07) is 10.5. The lowest BCUT2D eigenvalue weighted by atomic mass is 9.80. The lowest BCUT2D eigenvalue weighted by molar-refractivity contribution is -0.138. The van der Waals surface area contributed by atoms with E-state index in [-0.39, 0.29) is 23.3 Å². The first-order valence-corrected chi connectivity index (χ1v) is 12.7. The van der Waals surface area contributed by atoms with E-state index in [9.17, 15) is 9.59 Å². The highest BCUT2D eigenvalue weighted by Gasteiger charge is 2.40. The van der Waals surface area contributed by atoms with Crippen molar-refractivity contribution in [1.29, 1.82) is 0 Å². The van der Waals surface area contributed by atoms with Crippen molar-refractivity contribution < 1.29 is 9.53 Å². The lowest BCUT2D eigenvalue weighted by Crippen LogP contribution is -2.47. The number of amides is 1. The number of ether oxygens (including phenoxy) is 1. The van der Waals surface area contributed by atoms with E-state index >= 15 is 0 Å². The molecule has 0 bridgehead atoms. The largest absolute Gasteiger partial charge is 0.385 e. The zero-order chi connectivity index (χ0) is 23.4. The van der Waals surface area contributed by atoms with E-state index < -0.39 is 0 Å². The maximum absolute atomic E-state index is 13.9. The van der Waals surface area contributed by atoms with Gasteiger partial charge in [-0.2, -0.15) is 0 Å². The fraction of sp³-hybridized carbons (Fsp3) is 0.538. The predicted octanol–water partition coefficient (Wildman–Crippen LogP) is 3.61. The van der Waals surface area contributed by atoms with Crippen molar-refractivity contribution in [2.24, 2.45) is 13.0 Å². The summed E-state index contributed by atoms with van der Waals surface area (Å²) >= 11 is 3.65. The van der Waals surface area contributed by atoms with Crippen molar-refractivity contribution in [3.63, 3.8) is 0 Å². The molecule has 33 heavy (non-hydrogen) atoms. The van der Waals surface area contributed by atoms with Gasteiger partial charge in [-0.3, -0.25) is 9.59 Å². The van der Waals surface area contributed by atoms with Crippen molar-refractivity contribution in [1.82, 2.24) is 14.8 Å². The van der Waals surface area contributed by atoms with E-state index in [0.29, 0.717) is 19.1 Å². The predicted molar refractivity (Wildman–Crippen MR) is 133 cm³/mol. The third-order valence-corrected chi connectivity index (χ3v) is 7.27. The van der Waals surface area contributed by atoms with Crippen molar-refractivity contribution >= 4 is 21.8 Å². The van der Waals surface area contributed by atoms with Gasteiger partial charge in [-0.05, 0) is 79.5 Å². The van der Waals surface area contributed by atoms with Gasteiger partial charge in [0.1, 0.15) is 0 Å². The standard InChI is InChI=1S/C26H34BrN3O3/c1-29-10-8-20(15-25(29)31)23-7-9-28-16-24(23)26(32)30(22-5-6-22)17-19-12-18(4-3-11-33-2)13-21(27)14-19/h8,10,12-15,22-24,28H,3-7,9,11,16-17H2,1-2H3/t23-,24+/m1/s1. The summed E-state index contributed by atoms with van der Waals surface area (Å²) in [6.07, 6.45) is 6.74. The fourth-order valence-electron chi connectivity index (χ4n) is 4.87. The van der Waals surface area contributed by atoms with Gasteiger partial charge in [0.05, 0.1) is 5.92 Å². The summed E-state index contributed by atoms with van der Waals surface area (Å²) in [6.45, 7) is 2.89. The highest BCUT2D eigenvalue weighted by Crippen LogP contribution is 2.36. The highest BCUT2D eigenvalue weighted by molar-refractivity contribution is 9.10. The summed E-state index contributed by atoms with van der Waals surface area (Å²) in [4.78, 5) is 28.2. The molecule has 2 atom stereocenters. The monoisotopic (exact) mass is 515 g/mol. The van der Waals surface area contributed by atoms with Crippen LogP contribution in [0.5, 0.6) is 0 Å². The average molecular weight is 516 g/mol. The van der Waals surface area contributed by atoms with E-state index in [0.717, 1.165) is 60.9 Å². The summed E-state index contributed by atoms with van der Waals surface area (Å²) < 4.78 is 7.82. The van der Waals surface area contributed by atoms with Crippen LogP contribution in [0.15, 0.2) is 45.8 Å². The Morgan fingerprint density at radius 2 is 2.00 bits per heavy atom. The van der Waals surface area contributed by atoms with Crippen molar-refractivity contribution in [2.75, 3.05) is 26.8 Å². The molecule has 0 radical (unpaired) electrons. The summed E-state index contributed by atoms with van der Waals surface area (Å²) in [5.41, 5.74) is 3.38. The number of rotatable bonds is 9. The van der Waals surface area contributed by atoms with Gasteiger partial charge in [-0.1, -0.05) is 22.0 Å². The number of aromatic nitrogens is 1. The minimum Gasteiger partial charge on any atom is -0.385 e. The number of benzene rings is 1. The molecule has 6 nitrogen and oxygen atoms in total. The number of methoxy groups -OCH3 is 1. The van der Waals surface area contributed by atoms with E-state index in [2.05, 4.69) is 44.3 Å². The zero-order valence-electron chi connectivity index (χ0n) is 19.6. The Balaban J connectivity index is 1.54. The number of hydrogen-bond acceptors (Lipinski definition) is 4. The van der Waals surface area contributed by atoms with Crippen LogP contribution in [0.4, 0.5) is 0 Å².